The molecule has 122 valence electrons. The van der Waals surface area contributed by atoms with Crippen molar-refractivity contribution in [2.45, 2.75) is 6.54 Å². The van der Waals surface area contributed by atoms with Crippen LogP contribution in [0.4, 0.5) is 0 Å². The van der Waals surface area contributed by atoms with Crippen molar-refractivity contribution in [2.75, 3.05) is 0 Å². The van der Waals surface area contributed by atoms with Crippen LogP contribution in [-0.4, -0.2) is 21.0 Å². The van der Waals surface area contributed by atoms with Crippen molar-refractivity contribution in [3.05, 3.63) is 90.3 Å². The Kier molecular flexibility index (Phi) is 3.96. The zero-order valence-electron chi connectivity index (χ0n) is 13.4. The third-order valence-electron chi connectivity index (χ3n) is 3.87. The Balaban J connectivity index is 1.49. The SMILES string of the molecule is O=C(Oc1ccc2ccccc2c1)c1cn(Cc2ccccc2)nn1. The van der Waals surface area contributed by atoms with Gasteiger partial charge < -0.3 is 4.74 Å². The molecule has 0 saturated heterocycles. The van der Waals surface area contributed by atoms with E-state index in [1.54, 1.807) is 16.9 Å². The highest BCUT2D eigenvalue weighted by Gasteiger charge is 2.14. The summed E-state index contributed by atoms with van der Waals surface area (Å²) in [6, 6.07) is 23.3. The summed E-state index contributed by atoms with van der Waals surface area (Å²) in [4.78, 5) is 12.3. The fourth-order valence-corrected chi connectivity index (χ4v) is 2.63. The minimum atomic E-state index is -0.519. The van der Waals surface area contributed by atoms with Crippen LogP contribution in [0.15, 0.2) is 79.0 Å². The van der Waals surface area contributed by atoms with Crippen LogP contribution in [0.5, 0.6) is 5.75 Å². The number of carbonyl (C=O) groups excluding carboxylic acids is 1. The van der Waals surface area contributed by atoms with Crippen LogP contribution >= 0.6 is 0 Å². The van der Waals surface area contributed by atoms with Crippen molar-refractivity contribution in [3.8, 4) is 5.75 Å². The molecule has 5 heteroatoms. The van der Waals surface area contributed by atoms with Gasteiger partial charge in [-0.1, -0.05) is 65.9 Å². The summed E-state index contributed by atoms with van der Waals surface area (Å²) in [5.74, 6) is -0.0316. The average Bonchev–Trinajstić information content (AvgIpc) is 3.11. The Morgan fingerprint density at radius 3 is 2.52 bits per heavy atom. The molecule has 3 aromatic carbocycles. The van der Waals surface area contributed by atoms with Crippen molar-refractivity contribution in [2.24, 2.45) is 0 Å². The Labute approximate surface area is 144 Å². The van der Waals surface area contributed by atoms with Gasteiger partial charge in [0.05, 0.1) is 12.7 Å². The molecule has 0 radical (unpaired) electrons. The molecule has 4 aromatic rings. The van der Waals surface area contributed by atoms with E-state index >= 15 is 0 Å². The first-order valence-electron chi connectivity index (χ1n) is 7.93. The molecule has 25 heavy (non-hydrogen) atoms. The molecule has 0 spiro atoms. The quantitative estimate of drug-likeness (QED) is 0.423. The lowest BCUT2D eigenvalue weighted by molar-refractivity contribution is 0.0728. The van der Waals surface area contributed by atoms with Crippen LogP contribution in [0.1, 0.15) is 16.1 Å². The number of nitrogens with zero attached hydrogens (tertiary/aromatic N) is 3. The summed E-state index contributed by atoms with van der Waals surface area (Å²) in [6.45, 7) is 0.553. The van der Waals surface area contributed by atoms with Gasteiger partial charge in [0.25, 0.3) is 0 Å². The molecule has 0 N–H and O–H groups in total. The lowest BCUT2D eigenvalue weighted by Crippen LogP contribution is -2.09. The van der Waals surface area contributed by atoms with Crippen LogP contribution in [0, 0.1) is 0 Å². The molecule has 0 fully saturated rings. The molecule has 0 aliphatic heterocycles. The molecule has 1 aromatic heterocycles. The maximum absolute atomic E-state index is 12.3. The first-order valence-corrected chi connectivity index (χ1v) is 7.93. The van der Waals surface area contributed by atoms with E-state index in [-0.39, 0.29) is 5.69 Å². The number of fused-ring (bicyclic) bond motifs is 1. The average molecular weight is 329 g/mol. The highest BCUT2D eigenvalue weighted by Crippen LogP contribution is 2.21. The van der Waals surface area contributed by atoms with E-state index in [1.165, 1.54) is 0 Å². The number of rotatable bonds is 4. The number of hydrogen-bond donors (Lipinski definition) is 0. The molecule has 5 nitrogen and oxygen atoms in total. The molecule has 0 aliphatic carbocycles. The Morgan fingerprint density at radius 1 is 0.920 bits per heavy atom. The van der Waals surface area contributed by atoms with Crippen LogP contribution in [-0.2, 0) is 6.54 Å². The third-order valence-corrected chi connectivity index (χ3v) is 3.87. The monoisotopic (exact) mass is 329 g/mol. The smallest absolute Gasteiger partial charge is 0.365 e. The van der Waals surface area contributed by atoms with Crippen LogP contribution in [0.3, 0.4) is 0 Å². The normalized spacial score (nSPS) is 10.7. The molecule has 0 aliphatic rings. The predicted octanol–water partition coefficient (Wildman–Crippen LogP) is 3.70. The number of benzene rings is 3. The molecule has 0 saturated carbocycles. The topological polar surface area (TPSA) is 57.0 Å². The van der Waals surface area contributed by atoms with Crippen LogP contribution < -0.4 is 4.74 Å². The van der Waals surface area contributed by atoms with Crippen molar-refractivity contribution < 1.29 is 9.53 Å². The van der Waals surface area contributed by atoms with Gasteiger partial charge >= 0.3 is 5.97 Å². The van der Waals surface area contributed by atoms with E-state index in [0.717, 1.165) is 16.3 Å². The van der Waals surface area contributed by atoms with E-state index in [1.807, 2.05) is 66.7 Å². The van der Waals surface area contributed by atoms with E-state index in [0.29, 0.717) is 12.3 Å². The number of esters is 1. The first-order chi connectivity index (χ1) is 12.3. The van der Waals surface area contributed by atoms with Crippen LogP contribution in [0.25, 0.3) is 10.8 Å². The second kappa shape index (κ2) is 6.57. The number of carbonyl (C=O) groups is 1. The summed E-state index contributed by atoms with van der Waals surface area (Å²) in [6.07, 6.45) is 1.59. The lowest BCUT2D eigenvalue weighted by Gasteiger charge is -2.04. The van der Waals surface area contributed by atoms with Crippen molar-refractivity contribution >= 4 is 16.7 Å². The zero-order valence-corrected chi connectivity index (χ0v) is 13.4. The van der Waals surface area contributed by atoms with Gasteiger partial charge in [-0.25, -0.2) is 9.48 Å². The maximum atomic E-state index is 12.3. The fraction of sp³-hybridized carbons (Fsp3) is 0.0500. The Hall–Kier alpha value is -3.47. The standard InChI is InChI=1S/C20H15N3O2/c24-20(25-18-11-10-16-8-4-5-9-17(16)12-18)19-14-23(22-21-19)13-15-6-2-1-3-7-15/h1-12,14H,13H2. The first kappa shape index (κ1) is 15.1. The molecule has 4 rings (SSSR count). The highest BCUT2D eigenvalue weighted by atomic mass is 16.5. The predicted molar refractivity (Wildman–Crippen MR) is 94.5 cm³/mol. The van der Waals surface area contributed by atoms with Gasteiger partial charge in [-0.05, 0) is 28.5 Å². The molecular formula is C20H15N3O2. The highest BCUT2D eigenvalue weighted by molar-refractivity contribution is 5.90. The minimum absolute atomic E-state index is 0.184. The van der Waals surface area contributed by atoms with E-state index in [2.05, 4.69) is 10.3 Å². The van der Waals surface area contributed by atoms with Gasteiger partial charge in [0.1, 0.15) is 5.75 Å². The summed E-state index contributed by atoms with van der Waals surface area (Å²) in [5, 5.41) is 10.0. The number of hydrogen-bond acceptors (Lipinski definition) is 4. The Morgan fingerprint density at radius 2 is 1.68 bits per heavy atom. The van der Waals surface area contributed by atoms with Crippen molar-refractivity contribution in [1.82, 2.24) is 15.0 Å². The van der Waals surface area contributed by atoms with Crippen molar-refractivity contribution in [1.29, 1.82) is 0 Å². The fourth-order valence-electron chi connectivity index (χ4n) is 2.63. The molecule has 0 amide bonds. The van der Waals surface area contributed by atoms with E-state index < -0.39 is 5.97 Å². The summed E-state index contributed by atoms with van der Waals surface area (Å²) >= 11 is 0. The summed E-state index contributed by atoms with van der Waals surface area (Å²) < 4.78 is 7.03. The Bertz CT molecular complexity index is 1030. The molecule has 0 atom stereocenters. The van der Waals surface area contributed by atoms with E-state index in [9.17, 15) is 4.79 Å². The number of aromatic nitrogens is 3. The minimum Gasteiger partial charge on any atom is -0.422 e. The third kappa shape index (κ3) is 3.40. The van der Waals surface area contributed by atoms with E-state index in [4.69, 9.17) is 4.74 Å². The summed E-state index contributed by atoms with van der Waals surface area (Å²) in [7, 11) is 0. The van der Waals surface area contributed by atoms with Gasteiger partial charge in [-0.3, -0.25) is 0 Å². The molecular weight excluding hydrogens is 314 g/mol. The van der Waals surface area contributed by atoms with Gasteiger partial charge in [-0.15, -0.1) is 5.10 Å². The largest absolute Gasteiger partial charge is 0.422 e. The molecule has 1 heterocycles. The second-order valence-corrected chi connectivity index (χ2v) is 5.69. The van der Waals surface area contributed by atoms with Crippen molar-refractivity contribution in [3.63, 3.8) is 0 Å². The number of ether oxygens (including phenoxy) is 1. The second-order valence-electron chi connectivity index (χ2n) is 5.69. The van der Waals surface area contributed by atoms with Gasteiger partial charge in [0, 0.05) is 0 Å². The molecule has 0 unspecified atom stereocenters. The van der Waals surface area contributed by atoms with Crippen LogP contribution in [0.2, 0.25) is 0 Å². The van der Waals surface area contributed by atoms with Gasteiger partial charge in [0.2, 0.25) is 0 Å². The summed E-state index contributed by atoms with van der Waals surface area (Å²) in [5.41, 5.74) is 1.27. The lowest BCUT2D eigenvalue weighted by atomic mass is 10.1. The van der Waals surface area contributed by atoms with Gasteiger partial charge in [0.15, 0.2) is 5.69 Å². The zero-order chi connectivity index (χ0) is 17.1. The molecule has 0 bridgehead atoms. The van der Waals surface area contributed by atoms with Gasteiger partial charge in [-0.2, -0.15) is 0 Å². The maximum Gasteiger partial charge on any atom is 0.365 e.